The fourth-order valence-electron chi connectivity index (χ4n) is 1.02. The molecule has 0 unspecified atom stereocenters. The van der Waals surface area contributed by atoms with Crippen molar-refractivity contribution in [1.82, 2.24) is 0 Å². The Bertz CT molecular complexity index is 55.2. The standard InChI is InChI=1S/C6H12O/c1-5-3-6(4-5)7-2/h5-6H,3-4H2,1-2H3/t5-,6-. The average Bonchev–Trinajstić information content (AvgIpc) is 1.58. The van der Waals surface area contributed by atoms with E-state index >= 15 is 0 Å². The van der Waals surface area contributed by atoms with E-state index in [1.807, 2.05) is 0 Å². The molecule has 0 heterocycles. The van der Waals surface area contributed by atoms with Crippen molar-refractivity contribution in [2.75, 3.05) is 7.11 Å². The van der Waals surface area contributed by atoms with E-state index in [0.717, 1.165) is 5.92 Å². The Morgan fingerprint density at radius 2 is 2.00 bits per heavy atom. The van der Waals surface area contributed by atoms with Gasteiger partial charge in [-0.25, -0.2) is 0 Å². The lowest BCUT2D eigenvalue weighted by Crippen LogP contribution is -2.27. The van der Waals surface area contributed by atoms with Gasteiger partial charge in [0.25, 0.3) is 0 Å². The minimum Gasteiger partial charge on any atom is -0.381 e. The number of hydrogen-bond donors (Lipinski definition) is 0. The third kappa shape index (κ3) is 0.942. The highest BCUT2D eigenvalue weighted by molar-refractivity contribution is 4.75. The van der Waals surface area contributed by atoms with Crippen molar-refractivity contribution in [3.63, 3.8) is 0 Å². The van der Waals surface area contributed by atoms with Gasteiger partial charge in [-0.1, -0.05) is 6.92 Å². The Morgan fingerprint density at radius 1 is 1.43 bits per heavy atom. The summed E-state index contributed by atoms with van der Waals surface area (Å²) >= 11 is 0. The maximum Gasteiger partial charge on any atom is 0.0576 e. The van der Waals surface area contributed by atoms with Gasteiger partial charge in [-0.2, -0.15) is 0 Å². The van der Waals surface area contributed by atoms with Gasteiger partial charge in [0.05, 0.1) is 6.10 Å². The molecule has 0 aromatic rings. The van der Waals surface area contributed by atoms with E-state index in [1.54, 1.807) is 7.11 Å². The number of hydrogen-bond acceptors (Lipinski definition) is 1. The molecule has 1 aliphatic rings. The fraction of sp³-hybridized carbons (Fsp3) is 1.00. The molecule has 0 aliphatic heterocycles. The van der Waals surface area contributed by atoms with E-state index in [2.05, 4.69) is 6.92 Å². The van der Waals surface area contributed by atoms with Crippen LogP contribution in [0, 0.1) is 5.92 Å². The van der Waals surface area contributed by atoms with Gasteiger partial charge >= 0.3 is 0 Å². The molecular weight excluding hydrogens is 88.1 g/mol. The van der Waals surface area contributed by atoms with Crippen LogP contribution in [0.3, 0.4) is 0 Å². The zero-order valence-corrected chi connectivity index (χ0v) is 4.98. The van der Waals surface area contributed by atoms with Crippen molar-refractivity contribution in [3.05, 3.63) is 0 Å². The van der Waals surface area contributed by atoms with E-state index in [9.17, 15) is 0 Å². The van der Waals surface area contributed by atoms with Gasteiger partial charge in [0.1, 0.15) is 0 Å². The smallest absolute Gasteiger partial charge is 0.0576 e. The van der Waals surface area contributed by atoms with Crippen LogP contribution in [0.2, 0.25) is 0 Å². The van der Waals surface area contributed by atoms with E-state index in [0.29, 0.717) is 6.10 Å². The van der Waals surface area contributed by atoms with Crippen molar-refractivity contribution in [2.45, 2.75) is 25.9 Å². The van der Waals surface area contributed by atoms with Crippen molar-refractivity contribution in [3.8, 4) is 0 Å². The van der Waals surface area contributed by atoms with Crippen LogP contribution in [-0.2, 0) is 4.74 Å². The van der Waals surface area contributed by atoms with Gasteiger partial charge in [0.2, 0.25) is 0 Å². The first-order valence-corrected chi connectivity index (χ1v) is 2.85. The van der Waals surface area contributed by atoms with Crippen LogP contribution in [0.5, 0.6) is 0 Å². The molecule has 0 saturated heterocycles. The first kappa shape index (κ1) is 5.10. The van der Waals surface area contributed by atoms with Crippen molar-refractivity contribution in [2.24, 2.45) is 5.92 Å². The highest BCUT2D eigenvalue weighted by atomic mass is 16.5. The lowest BCUT2D eigenvalue weighted by atomic mass is 9.84. The second-order valence-electron chi connectivity index (χ2n) is 2.43. The Labute approximate surface area is 44.7 Å². The molecule has 1 heteroatoms. The molecule has 1 nitrogen and oxygen atoms in total. The molecule has 0 radical (unpaired) electrons. The summed E-state index contributed by atoms with van der Waals surface area (Å²) < 4.78 is 5.06. The molecule has 0 aromatic carbocycles. The van der Waals surface area contributed by atoms with Crippen LogP contribution in [0.15, 0.2) is 0 Å². The number of rotatable bonds is 1. The maximum atomic E-state index is 5.06. The molecular formula is C6H12O. The van der Waals surface area contributed by atoms with Gasteiger partial charge in [0, 0.05) is 7.11 Å². The summed E-state index contributed by atoms with van der Waals surface area (Å²) in [6.07, 6.45) is 3.14. The molecule has 42 valence electrons. The lowest BCUT2D eigenvalue weighted by Gasteiger charge is -2.30. The zero-order valence-electron chi connectivity index (χ0n) is 4.98. The minimum absolute atomic E-state index is 0.593. The van der Waals surface area contributed by atoms with Gasteiger partial charge < -0.3 is 4.74 Å². The summed E-state index contributed by atoms with van der Waals surface area (Å²) in [5.41, 5.74) is 0. The van der Waals surface area contributed by atoms with Crippen LogP contribution in [0.1, 0.15) is 19.8 Å². The van der Waals surface area contributed by atoms with E-state index in [1.165, 1.54) is 12.8 Å². The van der Waals surface area contributed by atoms with Crippen molar-refractivity contribution in [1.29, 1.82) is 0 Å². The second kappa shape index (κ2) is 1.83. The molecule has 0 atom stereocenters. The summed E-state index contributed by atoms with van der Waals surface area (Å²) in [6.45, 7) is 2.26. The fourth-order valence-corrected chi connectivity index (χ4v) is 1.02. The third-order valence-corrected chi connectivity index (χ3v) is 1.66. The highest BCUT2D eigenvalue weighted by Gasteiger charge is 2.24. The SMILES string of the molecule is CO[C@H]1C[C@H](C)C1. The van der Waals surface area contributed by atoms with Crippen LogP contribution >= 0.6 is 0 Å². The van der Waals surface area contributed by atoms with Gasteiger partial charge in [-0.3, -0.25) is 0 Å². The zero-order chi connectivity index (χ0) is 5.28. The Hall–Kier alpha value is -0.0400. The molecule has 0 spiro atoms. The predicted molar refractivity (Wildman–Crippen MR) is 29.2 cm³/mol. The molecule has 1 fully saturated rings. The van der Waals surface area contributed by atoms with Crippen molar-refractivity contribution >= 4 is 0 Å². The summed E-state index contributed by atoms with van der Waals surface area (Å²) in [7, 11) is 1.79. The Kier molecular flexibility index (Phi) is 1.33. The predicted octanol–water partition coefficient (Wildman–Crippen LogP) is 1.43. The van der Waals surface area contributed by atoms with E-state index in [4.69, 9.17) is 4.74 Å². The molecule has 0 bridgehead atoms. The highest BCUT2D eigenvalue weighted by Crippen LogP contribution is 2.28. The van der Waals surface area contributed by atoms with Crippen LogP contribution in [-0.4, -0.2) is 13.2 Å². The largest absolute Gasteiger partial charge is 0.381 e. The summed E-state index contributed by atoms with van der Waals surface area (Å²) in [5, 5.41) is 0. The Balaban J connectivity index is 2.06. The summed E-state index contributed by atoms with van der Waals surface area (Å²) in [5.74, 6) is 0.921. The maximum absolute atomic E-state index is 5.06. The molecule has 0 N–H and O–H groups in total. The van der Waals surface area contributed by atoms with Crippen LogP contribution < -0.4 is 0 Å². The van der Waals surface area contributed by atoms with Crippen LogP contribution in [0.25, 0.3) is 0 Å². The van der Waals surface area contributed by atoms with Gasteiger partial charge in [-0.05, 0) is 18.8 Å². The Morgan fingerprint density at radius 3 is 2.14 bits per heavy atom. The average molecular weight is 100 g/mol. The topological polar surface area (TPSA) is 9.23 Å². The quantitative estimate of drug-likeness (QED) is 0.484. The molecule has 0 aromatic heterocycles. The molecule has 0 amide bonds. The molecule has 1 aliphatic carbocycles. The summed E-state index contributed by atoms with van der Waals surface area (Å²) in [6, 6.07) is 0. The summed E-state index contributed by atoms with van der Waals surface area (Å²) in [4.78, 5) is 0. The molecule has 7 heavy (non-hydrogen) atoms. The lowest BCUT2D eigenvalue weighted by molar-refractivity contribution is 0.00751. The second-order valence-corrected chi connectivity index (χ2v) is 2.43. The monoisotopic (exact) mass is 100 g/mol. The molecule has 1 rings (SSSR count). The van der Waals surface area contributed by atoms with E-state index in [-0.39, 0.29) is 0 Å². The first-order valence-electron chi connectivity index (χ1n) is 2.85. The normalized spacial score (nSPS) is 40.3. The number of ether oxygens (including phenoxy) is 1. The van der Waals surface area contributed by atoms with Gasteiger partial charge in [-0.15, -0.1) is 0 Å². The minimum atomic E-state index is 0.593. The van der Waals surface area contributed by atoms with Crippen molar-refractivity contribution < 1.29 is 4.74 Å². The van der Waals surface area contributed by atoms with Crippen LogP contribution in [0.4, 0.5) is 0 Å². The van der Waals surface area contributed by atoms with Gasteiger partial charge in [0.15, 0.2) is 0 Å². The first-order chi connectivity index (χ1) is 3.33. The third-order valence-electron chi connectivity index (χ3n) is 1.66. The molecule has 1 saturated carbocycles. The number of methoxy groups -OCH3 is 1. The van der Waals surface area contributed by atoms with E-state index < -0.39 is 0 Å².